The quantitative estimate of drug-likeness (QED) is 0.889. The monoisotopic (exact) mass is 325 g/mol. The van der Waals surface area contributed by atoms with E-state index >= 15 is 0 Å². The zero-order chi connectivity index (χ0) is 13.8. The number of halogens is 1. The van der Waals surface area contributed by atoms with Crippen LogP contribution in [-0.4, -0.2) is 54.3 Å². The average molecular weight is 326 g/mol. The second-order valence-electron chi connectivity index (χ2n) is 4.54. The molecule has 0 spiro atoms. The van der Waals surface area contributed by atoms with Crippen molar-refractivity contribution in [3.05, 3.63) is 34.3 Å². The smallest absolute Gasteiger partial charge is 0.253 e. The van der Waals surface area contributed by atoms with E-state index in [1.54, 1.807) is 4.90 Å². The zero-order valence-corrected chi connectivity index (χ0v) is 12.1. The molecule has 6 heteroatoms. The maximum atomic E-state index is 12.2. The SMILES string of the molecule is NC(=O)CN1CCN(C(=O)c2ccc(Br)cc2)CC1. The molecule has 0 atom stereocenters. The van der Waals surface area contributed by atoms with Crippen molar-refractivity contribution in [3.8, 4) is 0 Å². The summed E-state index contributed by atoms with van der Waals surface area (Å²) in [4.78, 5) is 26.8. The van der Waals surface area contributed by atoms with Crippen molar-refractivity contribution in [2.75, 3.05) is 32.7 Å². The molecule has 0 unspecified atom stereocenters. The molecule has 1 aliphatic rings. The van der Waals surface area contributed by atoms with Crippen LogP contribution in [0.1, 0.15) is 10.4 Å². The van der Waals surface area contributed by atoms with Crippen molar-refractivity contribution >= 4 is 27.7 Å². The Balaban J connectivity index is 1.92. The van der Waals surface area contributed by atoms with E-state index in [-0.39, 0.29) is 18.4 Å². The van der Waals surface area contributed by atoms with Crippen LogP contribution in [0, 0.1) is 0 Å². The molecule has 102 valence electrons. The first-order valence-corrected chi connectivity index (χ1v) is 6.91. The topological polar surface area (TPSA) is 66.6 Å². The van der Waals surface area contributed by atoms with E-state index in [9.17, 15) is 9.59 Å². The molecule has 0 aliphatic carbocycles. The van der Waals surface area contributed by atoms with Crippen LogP contribution in [0.5, 0.6) is 0 Å². The molecule has 2 rings (SSSR count). The molecule has 1 aromatic carbocycles. The summed E-state index contributed by atoms with van der Waals surface area (Å²) in [7, 11) is 0. The fraction of sp³-hybridized carbons (Fsp3) is 0.385. The van der Waals surface area contributed by atoms with Gasteiger partial charge in [0.05, 0.1) is 6.54 Å². The molecule has 5 nitrogen and oxygen atoms in total. The Morgan fingerprint density at radius 1 is 1.11 bits per heavy atom. The van der Waals surface area contributed by atoms with Crippen LogP contribution in [-0.2, 0) is 4.79 Å². The van der Waals surface area contributed by atoms with Gasteiger partial charge in [0, 0.05) is 36.2 Å². The predicted molar refractivity (Wildman–Crippen MR) is 75.7 cm³/mol. The minimum atomic E-state index is -0.326. The normalized spacial score (nSPS) is 16.4. The van der Waals surface area contributed by atoms with Gasteiger partial charge in [0.1, 0.15) is 0 Å². The highest BCUT2D eigenvalue weighted by Crippen LogP contribution is 2.13. The van der Waals surface area contributed by atoms with Crippen LogP contribution in [0.2, 0.25) is 0 Å². The summed E-state index contributed by atoms with van der Waals surface area (Å²) in [6.45, 7) is 2.89. The lowest BCUT2D eigenvalue weighted by molar-refractivity contribution is -0.119. The van der Waals surface area contributed by atoms with Crippen LogP contribution in [0.4, 0.5) is 0 Å². The Bertz CT molecular complexity index is 467. The Kier molecular flexibility index (Phi) is 4.55. The number of hydrogen-bond acceptors (Lipinski definition) is 3. The molecule has 1 heterocycles. The van der Waals surface area contributed by atoms with Gasteiger partial charge in [-0.25, -0.2) is 0 Å². The van der Waals surface area contributed by atoms with Crippen LogP contribution in [0.15, 0.2) is 28.7 Å². The van der Waals surface area contributed by atoms with Crippen molar-refractivity contribution in [2.45, 2.75) is 0 Å². The van der Waals surface area contributed by atoms with Gasteiger partial charge in [0.25, 0.3) is 5.91 Å². The minimum absolute atomic E-state index is 0.0335. The minimum Gasteiger partial charge on any atom is -0.369 e. The van der Waals surface area contributed by atoms with E-state index in [2.05, 4.69) is 15.9 Å². The number of hydrogen-bond donors (Lipinski definition) is 1. The number of benzene rings is 1. The predicted octanol–water partition coefficient (Wildman–Crippen LogP) is 0.692. The summed E-state index contributed by atoms with van der Waals surface area (Å²) in [5.74, 6) is -0.293. The lowest BCUT2D eigenvalue weighted by Crippen LogP contribution is -2.50. The molecule has 0 radical (unpaired) electrons. The molecular weight excluding hydrogens is 310 g/mol. The Morgan fingerprint density at radius 3 is 2.21 bits per heavy atom. The summed E-state index contributed by atoms with van der Waals surface area (Å²) in [6.07, 6.45) is 0. The second kappa shape index (κ2) is 6.16. The van der Waals surface area contributed by atoms with Gasteiger partial charge in [-0.1, -0.05) is 15.9 Å². The fourth-order valence-electron chi connectivity index (χ4n) is 2.10. The average Bonchev–Trinajstić information content (AvgIpc) is 2.39. The van der Waals surface area contributed by atoms with Crippen LogP contribution in [0.3, 0.4) is 0 Å². The summed E-state index contributed by atoms with van der Waals surface area (Å²) < 4.78 is 0.954. The molecule has 2 amide bonds. The van der Waals surface area contributed by atoms with Gasteiger partial charge in [-0.2, -0.15) is 0 Å². The number of rotatable bonds is 3. The van der Waals surface area contributed by atoms with E-state index in [1.807, 2.05) is 29.2 Å². The third-order valence-corrected chi connectivity index (χ3v) is 3.66. The number of carbonyl (C=O) groups is 2. The van der Waals surface area contributed by atoms with E-state index < -0.39 is 0 Å². The van der Waals surface area contributed by atoms with E-state index in [1.165, 1.54) is 0 Å². The number of amides is 2. The van der Waals surface area contributed by atoms with Gasteiger partial charge < -0.3 is 10.6 Å². The Hall–Kier alpha value is -1.40. The summed E-state index contributed by atoms with van der Waals surface area (Å²) in [6, 6.07) is 7.33. The van der Waals surface area contributed by atoms with E-state index in [4.69, 9.17) is 5.73 Å². The first kappa shape index (κ1) is 14.0. The lowest BCUT2D eigenvalue weighted by atomic mass is 10.2. The van der Waals surface area contributed by atoms with Gasteiger partial charge in [0.2, 0.25) is 5.91 Å². The molecular formula is C13H16BrN3O2. The van der Waals surface area contributed by atoms with Gasteiger partial charge >= 0.3 is 0 Å². The number of nitrogens with zero attached hydrogens (tertiary/aromatic N) is 2. The van der Waals surface area contributed by atoms with Crippen molar-refractivity contribution in [1.29, 1.82) is 0 Å². The molecule has 1 aromatic rings. The highest BCUT2D eigenvalue weighted by atomic mass is 79.9. The summed E-state index contributed by atoms with van der Waals surface area (Å²) >= 11 is 3.35. The first-order valence-electron chi connectivity index (χ1n) is 6.12. The molecule has 1 fully saturated rings. The van der Waals surface area contributed by atoms with Gasteiger partial charge in [-0.3, -0.25) is 14.5 Å². The first-order chi connectivity index (χ1) is 9.06. The lowest BCUT2D eigenvalue weighted by Gasteiger charge is -2.34. The third kappa shape index (κ3) is 3.78. The maximum Gasteiger partial charge on any atom is 0.253 e. The summed E-state index contributed by atoms with van der Waals surface area (Å²) in [5.41, 5.74) is 5.84. The van der Waals surface area contributed by atoms with Gasteiger partial charge in [-0.15, -0.1) is 0 Å². The molecule has 2 N–H and O–H groups in total. The van der Waals surface area contributed by atoms with E-state index in [0.717, 1.165) is 4.47 Å². The van der Waals surface area contributed by atoms with Gasteiger partial charge in [0.15, 0.2) is 0 Å². The molecule has 0 aromatic heterocycles. The van der Waals surface area contributed by atoms with Crippen molar-refractivity contribution in [3.63, 3.8) is 0 Å². The standard InChI is InChI=1S/C13H16BrN3O2/c14-11-3-1-10(2-4-11)13(19)17-7-5-16(6-8-17)9-12(15)18/h1-4H,5-9H2,(H2,15,18). The molecule has 0 saturated carbocycles. The van der Waals surface area contributed by atoms with E-state index in [0.29, 0.717) is 31.7 Å². The molecule has 19 heavy (non-hydrogen) atoms. The van der Waals surface area contributed by atoms with Crippen LogP contribution in [0.25, 0.3) is 0 Å². The highest BCUT2D eigenvalue weighted by Gasteiger charge is 2.22. The van der Waals surface area contributed by atoms with Crippen molar-refractivity contribution in [2.24, 2.45) is 5.73 Å². The van der Waals surface area contributed by atoms with Crippen molar-refractivity contribution in [1.82, 2.24) is 9.80 Å². The Labute approximate surface area is 120 Å². The number of carbonyl (C=O) groups excluding carboxylic acids is 2. The zero-order valence-electron chi connectivity index (χ0n) is 10.5. The van der Waals surface area contributed by atoms with Crippen molar-refractivity contribution < 1.29 is 9.59 Å². The molecule has 0 bridgehead atoms. The molecule has 1 aliphatic heterocycles. The van der Waals surface area contributed by atoms with Crippen LogP contribution >= 0.6 is 15.9 Å². The van der Waals surface area contributed by atoms with Gasteiger partial charge in [-0.05, 0) is 24.3 Å². The number of primary amides is 1. The third-order valence-electron chi connectivity index (χ3n) is 3.13. The number of piperazine rings is 1. The summed E-state index contributed by atoms with van der Waals surface area (Å²) in [5, 5.41) is 0. The number of nitrogens with two attached hydrogens (primary N) is 1. The highest BCUT2D eigenvalue weighted by molar-refractivity contribution is 9.10. The second-order valence-corrected chi connectivity index (χ2v) is 5.46. The maximum absolute atomic E-state index is 12.2. The van der Waals surface area contributed by atoms with Crippen LogP contribution < -0.4 is 5.73 Å². The largest absolute Gasteiger partial charge is 0.369 e. The molecule has 1 saturated heterocycles. The fourth-order valence-corrected chi connectivity index (χ4v) is 2.37. The Morgan fingerprint density at radius 2 is 1.68 bits per heavy atom.